The molecule has 18 heavy (non-hydrogen) atoms. The molecule has 0 bridgehead atoms. The Labute approximate surface area is 107 Å². The predicted molar refractivity (Wildman–Crippen MR) is 74.0 cm³/mol. The number of benzene rings is 2. The van der Waals surface area contributed by atoms with Gasteiger partial charge in [0, 0.05) is 11.3 Å². The maximum Gasteiger partial charge on any atom is 0.126 e. The van der Waals surface area contributed by atoms with Crippen LogP contribution < -0.4 is 15.2 Å². The van der Waals surface area contributed by atoms with Crippen molar-refractivity contribution < 1.29 is 9.47 Å². The molecule has 3 nitrogen and oxygen atoms in total. The highest BCUT2D eigenvalue weighted by atomic mass is 16.5. The molecule has 0 atom stereocenters. The summed E-state index contributed by atoms with van der Waals surface area (Å²) >= 11 is 0. The van der Waals surface area contributed by atoms with Gasteiger partial charge < -0.3 is 15.2 Å². The van der Waals surface area contributed by atoms with Crippen LogP contribution in [0.1, 0.15) is 6.92 Å². The van der Waals surface area contributed by atoms with Gasteiger partial charge in [-0.3, -0.25) is 0 Å². The van der Waals surface area contributed by atoms with Gasteiger partial charge in [-0.25, -0.2) is 0 Å². The lowest BCUT2D eigenvalue weighted by atomic mass is 10.0. The van der Waals surface area contributed by atoms with Gasteiger partial charge in [-0.1, -0.05) is 12.1 Å². The normalized spacial score (nSPS) is 10.1. The monoisotopic (exact) mass is 243 g/mol. The van der Waals surface area contributed by atoms with E-state index >= 15 is 0 Å². The predicted octanol–water partition coefficient (Wildman–Crippen LogP) is 3.34. The van der Waals surface area contributed by atoms with Gasteiger partial charge in [-0.05, 0) is 42.8 Å². The lowest BCUT2D eigenvalue weighted by molar-refractivity contribution is 0.340. The Balaban J connectivity index is 2.38. The molecule has 0 heterocycles. The first kappa shape index (κ1) is 12.3. The SMILES string of the molecule is CCOc1ccc(-c2cc(N)ccc2OC)cc1. The maximum atomic E-state index is 5.82. The van der Waals surface area contributed by atoms with Crippen molar-refractivity contribution >= 4 is 5.69 Å². The number of methoxy groups -OCH3 is 1. The van der Waals surface area contributed by atoms with E-state index in [0.29, 0.717) is 6.61 Å². The molecule has 2 aromatic carbocycles. The molecule has 0 unspecified atom stereocenters. The summed E-state index contributed by atoms with van der Waals surface area (Å²) in [6.07, 6.45) is 0. The molecule has 0 amide bonds. The fourth-order valence-electron chi connectivity index (χ4n) is 1.85. The zero-order valence-electron chi connectivity index (χ0n) is 10.6. The van der Waals surface area contributed by atoms with Gasteiger partial charge in [0.25, 0.3) is 0 Å². The maximum absolute atomic E-state index is 5.82. The molecule has 3 heteroatoms. The molecule has 0 aliphatic rings. The largest absolute Gasteiger partial charge is 0.496 e. The van der Waals surface area contributed by atoms with Crippen molar-refractivity contribution in [3.63, 3.8) is 0 Å². The molecule has 0 radical (unpaired) electrons. The Morgan fingerprint density at radius 1 is 1.06 bits per heavy atom. The average molecular weight is 243 g/mol. The highest BCUT2D eigenvalue weighted by molar-refractivity contribution is 5.74. The van der Waals surface area contributed by atoms with Crippen LogP contribution in [0.15, 0.2) is 42.5 Å². The molecule has 0 aliphatic heterocycles. The van der Waals surface area contributed by atoms with Gasteiger partial charge in [0.2, 0.25) is 0 Å². The number of rotatable bonds is 4. The lowest BCUT2D eigenvalue weighted by Crippen LogP contribution is -1.93. The molecule has 2 rings (SSSR count). The zero-order chi connectivity index (χ0) is 13.0. The van der Waals surface area contributed by atoms with Crippen LogP contribution in [0.4, 0.5) is 5.69 Å². The Kier molecular flexibility index (Phi) is 3.72. The smallest absolute Gasteiger partial charge is 0.126 e. The third-order valence-corrected chi connectivity index (χ3v) is 2.70. The van der Waals surface area contributed by atoms with E-state index in [1.807, 2.05) is 49.4 Å². The summed E-state index contributed by atoms with van der Waals surface area (Å²) in [5, 5.41) is 0. The first-order valence-corrected chi connectivity index (χ1v) is 5.91. The second-order valence-corrected chi connectivity index (χ2v) is 3.92. The zero-order valence-corrected chi connectivity index (χ0v) is 10.6. The average Bonchev–Trinajstić information content (AvgIpc) is 2.40. The summed E-state index contributed by atoms with van der Waals surface area (Å²) in [7, 11) is 1.66. The number of ether oxygens (including phenoxy) is 2. The Bertz CT molecular complexity index is 521. The van der Waals surface area contributed by atoms with Gasteiger partial charge in [-0.15, -0.1) is 0 Å². The van der Waals surface area contributed by atoms with E-state index in [0.717, 1.165) is 28.3 Å². The van der Waals surface area contributed by atoms with Crippen LogP contribution in [0.25, 0.3) is 11.1 Å². The molecule has 2 aromatic rings. The van der Waals surface area contributed by atoms with E-state index in [9.17, 15) is 0 Å². The van der Waals surface area contributed by atoms with E-state index in [1.165, 1.54) is 0 Å². The van der Waals surface area contributed by atoms with Crippen molar-refractivity contribution in [1.29, 1.82) is 0 Å². The van der Waals surface area contributed by atoms with Crippen molar-refractivity contribution in [3.05, 3.63) is 42.5 Å². The molecule has 0 spiro atoms. The van der Waals surface area contributed by atoms with Gasteiger partial charge in [0.15, 0.2) is 0 Å². The van der Waals surface area contributed by atoms with Crippen LogP contribution in [0, 0.1) is 0 Å². The van der Waals surface area contributed by atoms with Crippen molar-refractivity contribution in [2.75, 3.05) is 19.5 Å². The van der Waals surface area contributed by atoms with E-state index in [4.69, 9.17) is 15.2 Å². The van der Waals surface area contributed by atoms with Crippen molar-refractivity contribution in [2.24, 2.45) is 0 Å². The fourth-order valence-corrected chi connectivity index (χ4v) is 1.85. The topological polar surface area (TPSA) is 44.5 Å². The number of anilines is 1. The first-order valence-electron chi connectivity index (χ1n) is 5.91. The first-order chi connectivity index (χ1) is 8.74. The van der Waals surface area contributed by atoms with Crippen molar-refractivity contribution in [1.82, 2.24) is 0 Å². The Hall–Kier alpha value is -2.16. The van der Waals surface area contributed by atoms with E-state index in [1.54, 1.807) is 7.11 Å². The van der Waals surface area contributed by atoms with E-state index in [-0.39, 0.29) is 0 Å². The quantitative estimate of drug-likeness (QED) is 0.837. The van der Waals surface area contributed by atoms with Crippen LogP contribution in [-0.4, -0.2) is 13.7 Å². The highest BCUT2D eigenvalue weighted by Crippen LogP contribution is 2.32. The molecule has 94 valence electrons. The van der Waals surface area contributed by atoms with Crippen LogP contribution in [0.3, 0.4) is 0 Å². The van der Waals surface area contributed by atoms with Crippen LogP contribution in [-0.2, 0) is 0 Å². The minimum absolute atomic E-state index is 0.668. The number of nitrogen functional groups attached to an aromatic ring is 1. The number of nitrogens with two attached hydrogens (primary N) is 1. The molecule has 0 saturated heterocycles. The highest BCUT2D eigenvalue weighted by Gasteiger charge is 2.06. The third kappa shape index (κ3) is 2.56. The Morgan fingerprint density at radius 2 is 1.78 bits per heavy atom. The second-order valence-electron chi connectivity index (χ2n) is 3.92. The summed E-state index contributed by atoms with van der Waals surface area (Å²) in [6, 6.07) is 13.5. The minimum Gasteiger partial charge on any atom is -0.496 e. The lowest BCUT2D eigenvalue weighted by Gasteiger charge is -2.10. The van der Waals surface area contributed by atoms with Gasteiger partial charge >= 0.3 is 0 Å². The molecule has 0 aliphatic carbocycles. The second kappa shape index (κ2) is 5.45. The van der Waals surface area contributed by atoms with E-state index in [2.05, 4.69) is 0 Å². The molecular weight excluding hydrogens is 226 g/mol. The number of hydrogen-bond acceptors (Lipinski definition) is 3. The summed E-state index contributed by atoms with van der Waals surface area (Å²) in [5.74, 6) is 1.68. The molecular formula is C15H17NO2. The molecule has 0 fully saturated rings. The standard InChI is InChI=1S/C15H17NO2/c1-3-18-13-7-4-11(5-8-13)14-10-12(16)6-9-15(14)17-2/h4-10H,3,16H2,1-2H3. The number of hydrogen-bond donors (Lipinski definition) is 1. The fraction of sp³-hybridized carbons (Fsp3) is 0.200. The molecule has 0 aromatic heterocycles. The third-order valence-electron chi connectivity index (χ3n) is 2.70. The van der Waals surface area contributed by atoms with Gasteiger partial charge in [0.05, 0.1) is 13.7 Å². The summed E-state index contributed by atoms with van der Waals surface area (Å²) in [5.41, 5.74) is 8.58. The van der Waals surface area contributed by atoms with Crippen LogP contribution >= 0.6 is 0 Å². The van der Waals surface area contributed by atoms with Crippen LogP contribution in [0.5, 0.6) is 11.5 Å². The van der Waals surface area contributed by atoms with E-state index < -0.39 is 0 Å². The van der Waals surface area contributed by atoms with Crippen molar-refractivity contribution in [3.8, 4) is 22.6 Å². The summed E-state index contributed by atoms with van der Waals surface area (Å²) < 4.78 is 10.8. The molecule has 0 saturated carbocycles. The van der Waals surface area contributed by atoms with Gasteiger partial charge in [-0.2, -0.15) is 0 Å². The minimum atomic E-state index is 0.668. The summed E-state index contributed by atoms with van der Waals surface area (Å²) in [4.78, 5) is 0. The van der Waals surface area contributed by atoms with Gasteiger partial charge in [0.1, 0.15) is 11.5 Å². The summed E-state index contributed by atoms with van der Waals surface area (Å²) in [6.45, 7) is 2.63. The van der Waals surface area contributed by atoms with Crippen molar-refractivity contribution in [2.45, 2.75) is 6.92 Å². The van der Waals surface area contributed by atoms with Crippen LogP contribution in [0.2, 0.25) is 0 Å². The molecule has 2 N–H and O–H groups in total. The Morgan fingerprint density at radius 3 is 2.39 bits per heavy atom.